The minimum absolute atomic E-state index is 0.0496. The molecular weight excluding hydrogens is 268 g/mol. The van der Waals surface area contributed by atoms with Crippen LogP contribution in [0.3, 0.4) is 0 Å². The topological polar surface area (TPSA) is 87.5 Å². The number of carbonyl (C=O) groups excluding carboxylic acids is 2. The maximum atomic E-state index is 11.9. The lowest BCUT2D eigenvalue weighted by molar-refractivity contribution is -0.118. The van der Waals surface area contributed by atoms with Crippen molar-refractivity contribution in [1.82, 2.24) is 10.2 Å². The van der Waals surface area contributed by atoms with Gasteiger partial charge in [0.2, 0.25) is 11.8 Å². The third-order valence-electron chi connectivity index (χ3n) is 3.19. The van der Waals surface area contributed by atoms with Crippen LogP contribution in [-0.2, 0) is 16.0 Å². The Morgan fingerprint density at radius 1 is 1.29 bits per heavy atom. The van der Waals surface area contributed by atoms with E-state index in [1.807, 2.05) is 41.6 Å². The van der Waals surface area contributed by atoms with Gasteiger partial charge in [-0.05, 0) is 24.1 Å². The number of primary amides is 1. The zero-order chi connectivity index (χ0) is 15.1. The number of amides is 2. The minimum atomic E-state index is -0.309. The van der Waals surface area contributed by atoms with Gasteiger partial charge in [-0.3, -0.25) is 9.59 Å². The van der Waals surface area contributed by atoms with Crippen LogP contribution in [0.1, 0.15) is 12.0 Å². The van der Waals surface area contributed by atoms with Gasteiger partial charge in [0.1, 0.15) is 0 Å². The molecule has 21 heavy (non-hydrogen) atoms. The summed E-state index contributed by atoms with van der Waals surface area (Å²) in [7, 11) is 0. The summed E-state index contributed by atoms with van der Waals surface area (Å²) in [5.41, 5.74) is 6.89. The van der Waals surface area contributed by atoms with Gasteiger partial charge in [-0.1, -0.05) is 12.1 Å². The average Bonchev–Trinajstić information content (AvgIpc) is 2.47. The molecule has 0 saturated heterocycles. The maximum absolute atomic E-state index is 11.9. The first kappa shape index (κ1) is 14.9. The van der Waals surface area contributed by atoms with Crippen LogP contribution in [0.25, 0.3) is 0 Å². The molecule has 1 aromatic rings. The summed E-state index contributed by atoms with van der Waals surface area (Å²) in [6.07, 6.45) is 4.66. The molecule has 0 aromatic heterocycles. The van der Waals surface area contributed by atoms with Crippen molar-refractivity contribution in [1.29, 1.82) is 0 Å². The third-order valence-corrected chi connectivity index (χ3v) is 3.19. The number of nitrogens with one attached hydrogen (secondary N) is 2. The van der Waals surface area contributed by atoms with Gasteiger partial charge in [0.25, 0.3) is 0 Å². The monoisotopic (exact) mass is 288 g/mol. The number of benzene rings is 1. The van der Waals surface area contributed by atoms with Gasteiger partial charge < -0.3 is 21.3 Å². The molecule has 1 aromatic carbocycles. The summed E-state index contributed by atoms with van der Waals surface area (Å²) in [5.74, 6) is -0.358. The zero-order valence-corrected chi connectivity index (χ0v) is 11.8. The zero-order valence-electron chi connectivity index (χ0n) is 11.8. The molecule has 6 nitrogen and oxygen atoms in total. The molecule has 0 fully saturated rings. The quantitative estimate of drug-likeness (QED) is 0.708. The lowest BCUT2D eigenvalue weighted by atomic mass is 10.1. The van der Waals surface area contributed by atoms with E-state index in [0.29, 0.717) is 19.4 Å². The van der Waals surface area contributed by atoms with E-state index in [0.717, 1.165) is 24.3 Å². The minimum Gasteiger partial charge on any atom is -0.388 e. The number of nitrogens with two attached hydrogens (primary N) is 1. The van der Waals surface area contributed by atoms with Gasteiger partial charge in [0.15, 0.2) is 0 Å². The Bertz CT molecular complexity index is 525. The van der Waals surface area contributed by atoms with E-state index < -0.39 is 0 Å². The van der Waals surface area contributed by atoms with E-state index in [-0.39, 0.29) is 11.8 Å². The van der Waals surface area contributed by atoms with Crippen LogP contribution in [0, 0.1) is 0 Å². The lowest BCUT2D eigenvalue weighted by Crippen LogP contribution is -2.36. The fraction of sp³-hybridized carbons (Fsp3) is 0.333. The van der Waals surface area contributed by atoms with Crippen LogP contribution in [0.2, 0.25) is 0 Å². The Morgan fingerprint density at radius 3 is 2.67 bits per heavy atom. The molecule has 4 N–H and O–H groups in total. The van der Waals surface area contributed by atoms with Crippen molar-refractivity contribution >= 4 is 17.5 Å². The molecule has 1 heterocycles. The highest BCUT2D eigenvalue weighted by atomic mass is 16.2. The van der Waals surface area contributed by atoms with Crippen molar-refractivity contribution in [3.8, 4) is 0 Å². The van der Waals surface area contributed by atoms with Crippen molar-refractivity contribution < 1.29 is 9.59 Å². The molecule has 0 saturated carbocycles. The standard InChI is InChI=1S/C15H20N4O2/c16-14(20)6-3-12-1-4-13(5-2-12)18-15(21)11-19-9-7-17-8-10-19/h1-2,4-5,7,9,17H,3,6,8,10-11H2,(H2,16,20)(H,18,21). The fourth-order valence-corrected chi connectivity index (χ4v) is 2.06. The molecule has 1 aliphatic rings. The highest BCUT2D eigenvalue weighted by molar-refractivity contribution is 5.92. The molecule has 1 aliphatic heterocycles. The molecule has 6 heteroatoms. The van der Waals surface area contributed by atoms with Gasteiger partial charge in [0, 0.05) is 37.6 Å². The first-order valence-corrected chi connectivity index (χ1v) is 6.95. The first-order chi connectivity index (χ1) is 10.1. The van der Waals surface area contributed by atoms with Crippen molar-refractivity contribution in [2.45, 2.75) is 12.8 Å². The molecule has 0 unspecified atom stereocenters. The summed E-state index contributed by atoms with van der Waals surface area (Å²) in [4.78, 5) is 24.6. The second kappa shape index (κ2) is 7.33. The Labute approximate surface area is 124 Å². The van der Waals surface area contributed by atoms with Crippen LogP contribution in [0.5, 0.6) is 0 Å². The number of nitrogens with zero attached hydrogens (tertiary/aromatic N) is 1. The number of aryl methyl sites for hydroxylation is 1. The number of rotatable bonds is 6. The van der Waals surface area contributed by atoms with Crippen molar-refractivity contribution in [3.63, 3.8) is 0 Å². The molecule has 0 bridgehead atoms. The predicted molar refractivity (Wildman–Crippen MR) is 81.3 cm³/mol. The van der Waals surface area contributed by atoms with Crippen LogP contribution in [0.4, 0.5) is 5.69 Å². The van der Waals surface area contributed by atoms with Gasteiger partial charge in [-0.2, -0.15) is 0 Å². The predicted octanol–water partition coefficient (Wildman–Crippen LogP) is 0.419. The third kappa shape index (κ3) is 5.18. The van der Waals surface area contributed by atoms with Crippen molar-refractivity contribution in [2.75, 3.05) is 25.0 Å². The number of carbonyl (C=O) groups is 2. The Morgan fingerprint density at radius 2 is 2.05 bits per heavy atom. The highest BCUT2D eigenvalue weighted by Crippen LogP contribution is 2.11. The van der Waals surface area contributed by atoms with E-state index >= 15 is 0 Å². The van der Waals surface area contributed by atoms with E-state index in [1.165, 1.54) is 0 Å². The van der Waals surface area contributed by atoms with E-state index in [4.69, 9.17) is 5.73 Å². The van der Waals surface area contributed by atoms with Gasteiger partial charge in [-0.25, -0.2) is 0 Å². The van der Waals surface area contributed by atoms with E-state index in [9.17, 15) is 9.59 Å². The molecule has 112 valence electrons. The summed E-state index contributed by atoms with van der Waals surface area (Å²) in [5, 5.41) is 5.93. The highest BCUT2D eigenvalue weighted by Gasteiger charge is 2.09. The summed E-state index contributed by atoms with van der Waals surface area (Å²) in [6, 6.07) is 7.45. The molecule has 0 atom stereocenters. The van der Waals surface area contributed by atoms with Gasteiger partial charge in [-0.15, -0.1) is 0 Å². The largest absolute Gasteiger partial charge is 0.388 e. The number of hydrogen-bond acceptors (Lipinski definition) is 4. The number of hydrogen-bond donors (Lipinski definition) is 3. The summed E-state index contributed by atoms with van der Waals surface area (Å²) >= 11 is 0. The molecule has 0 spiro atoms. The van der Waals surface area contributed by atoms with Crippen LogP contribution in [0.15, 0.2) is 36.7 Å². The van der Waals surface area contributed by atoms with Crippen LogP contribution < -0.4 is 16.4 Å². The second-order valence-electron chi connectivity index (χ2n) is 4.95. The van der Waals surface area contributed by atoms with Crippen molar-refractivity contribution in [2.24, 2.45) is 5.73 Å². The molecule has 2 rings (SSSR count). The average molecular weight is 288 g/mol. The fourth-order valence-electron chi connectivity index (χ4n) is 2.06. The van der Waals surface area contributed by atoms with Gasteiger partial charge in [0.05, 0.1) is 6.54 Å². The van der Waals surface area contributed by atoms with Gasteiger partial charge >= 0.3 is 0 Å². The normalized spacial score (nSPS) is 13.6. The summed E-state index contributed by atoms with van der Waals surface area (Å²) < 4.78 is 0. The SMILES string of the molecule is NC(=O)CCc1ccc(NC(=O)CN2C=CNCC2)cc1. The molecular formula is C15H20N4O2. The summed E-state index contributed by atoms with van der Waals surface area (Å²) in [6.45, 7) is 2.00. The number of anilines is 1. The van der Waals surface area contributed by atoms with E-state index in [2.05, 4.69) is 10.6 Å². The Hall–Kier alpha value is -2.50. The van der Waals surface area contributed by atoms with Crippen LogP contribution >= 0.6 is 0 Å². The molecule has 0 aliphatic carbocycles. The van der Waals surface area contributed by atoms with Crippen molar-refractivity contribution in [3.05, 3.63) is 42.2 Å². The smallest absolute Gasteiger partial charge is 0.243 e. The first-order valence-electron chi connectivity index (χ1n) is 6.95. The molecule has 0 radical (unpaired) electrons. The lowest BCUT2D eigenvalue weighted by Gasteiger charge is -2.23. The molecule has 2 amide bonds. The Kier molecular flexibility index (Phi) is 5.20. The Balaban J connectivity index is 1.81. The second-order valence-corrected chi connectivity index (χ2v) is 4.95. The van der Waals surface area contributed by atoms with Crippen LogP contribution in [-0.4, -0.2) is 36.3 Å². The maximum Gasteiger partial charge on any atom is 0.243 e. The van der Waals surface area contributed by atoms with E-state index in [1.54, 1.807) is 0 Å².